The van der Waals surface area contributed by atoms with E-state index in [2.05, 4.69) is 35.7 Å². The molecule has 0 aliphatic heterocycles. The Kier molecular flexibility index (Phi) is 4.94. The van der Waals surface area contributed by atoms with Crippen molar-refractivity contribution in [3.8, 4) is 0 Å². The van der Waals surface area contributed by atoms with Crippen molar-refractivity contribution in [2.75, 3.05) is 10.7 Å². The van der Waals surface area contributed by atoms with Crippen LogP contribution in [-0.2, 0) is 0 Å². The van der Waals surface area contributed by atoms with Crippen LogP contribution in [0.15, 0.2) is 60.2 Å². The largest absolute Gasteiger partial charge is 0.358 e. The topological polar surface area (TPSA) is 126 Å². The van der Waals surface area contributed by atoms with Gasteiger partial charge in [-0.25, -0.2) is 24.6 Å². The Labute approximate surface area is 182 Å². The lowest BCUT2D eigenvalue weighted by molar-refractivity contribution is 0.640. The number of aromatic amines is 1. The Hall–Kier alpha value is -4.34. The number of fused-ring (bicyclic) bond motifs is 2. The van der Waals surface area contributed by atoms with E-state index in [0.29, 0.717) is 40.1 Å². The smallest absolute Gasteiger partial charge is 0.280 e. The van der Waals surface area contributed by atoms with E-state index in [9.17, 15) is 4.79 Å². The number of rotatable bonds is 6. The lowest BCUT2D eigenvalue weighted by Crippen LogP contribution is -2.34. The van der Waals surface area contributed by atoms with E-state index in [-0.39, 0.29) is 11.6 Å². The number of hydrogen-bond acceptors (Lipinski definition) is 8. The highest BCUT2D eigenvalue weighted by Gasteiger charge is 2.21. The molecule has 10 nitrogen and oxygen atoms in total. The summed E-state index contributed by atoms with van der Waals surface area (Å²) in [6.45, 7) is 3.93. The maximum absolute atomic E-state index is 13.6. The Bertz CT molecular complexity index is 1460. The van der Waals surface area contributed by atoms with Crippen LogP contribution in [0.4, 0.5) is 11.5 Å². The molecule has 1 atom stereocenters. The summed E-state index contributed by atoms with van der Waals surface area (Å²) < 4.78 is 1.50. The van der Waals surface area contributed by atoms with Crippen LogP contribution in [-0.4, -0.2) is 34.6 Å². The van der Waals surface area contributed by atoms with Crippen molar-refractivity contribution in [2.24, 2.45) is 0 Å². The molecule has 4 aromatic heterocycles. The van der Waals surface area contributed by atoms with Gasteiger partial charge in [-0.15, -0.1) is 0 Å². The van der Waals surface area contributed by atoms with Crippen molar-refractivity contribution in [1.29, 1.82) is 0 Å². The quantitative estimate of drug-likeness (QED) is 0.377. The minimum atomic E-state index is -0.316. The molecular formula is C22H21N9O. The van der Waals surface area contributed by atoms with E-state index in [1.807, 2.05) is 32.0 Å². The first kappa shape index (κ1) is 19.6. The Morgan fingerprint density at radius 3 is 2.78 bits per heavy atom. The third-order valence-corrected chi connectivity index (χ3v) is 5.31. The van der Waals surface area contributed by atoms with Crippen molar-refractivity contribution >= 4 is 33.6 Å². The molecule has 0 aliphatic rings. The summed E-state index contributed by atoms with van der Waals surface area (Å²) in [5.74, 6) is 1.13. The van der Waals surface area contributed by atoms with Gasteiger partial charge in [0.05, 0.1) is 29.0 Å². The van der Waals surface area contributed by atoms with Gasteiger partial charge in [0.1, 0.15) is 11.8 Å². The van der Waals surface area contributed by atoms with Gasteiger partial charge in [0.15, 0.2) is 17.3 Å². The molecule has 10 heteroatoms. The van der Waals surface area contributed by atoms with E-state index < -0.39 is 0 Å². The van der Waals surface area contributed by atoms with E-state index in [4.69, 9.17) is 4.98 Å². The number of anilines is 2. The summed E-state index contributed by atoms with van der Waals surface area (Å²) in [6, 6.07) is 8.95. The Morgan fingerprint density at radius 2 is 1.97 bits per heavy atom. The zero-order chi connectivity index (χ0) is 22.1. The van der Waals surface area contributed by atoms with Crippen LogP contribution in [0.1, 0.15) is 30.8 Å². The molecule has 0 saturated heterocycles. The summed E-state index contributed by atoms with van der Waals surface area (Å²) in [6.07, 6.45) is 7.01. The Balaban J connectivity index is 1.67. The van der Waals surface area contributed by atoms with E-state index in [1.165, 1.54) is 11.0 Å². The molecule has 3 N–H and O–H groups in total. The van der Waals surface area contributed by atoms with Crippen molar-refractivity contribution in [3.63, 3.8) is 0 Å². The minimum absolute atomic E-state index is 0.172. The van der Waals surface area contributed by atoms with Gasteiger partial charge in [-0.05, 0) is 37.1 Å². The summed E-state index contributed by atoms with van der Waals surface area (Å²) in [4.78, 5) is 38.3. The van der Waals surface area contributed by atoms with Crippen LogP contribution in [0.5, 0.6) is 0 Å². The minimum Gasteiger partial charge on any atom is -0.358 e. The number of aryl methyl sites for hydroxylation is 1. The summed E-state index contributed by atoms with van der Waals surface area (Å²) >= 11 is 0. The van der Waals surface area contributed by atoms with Crippen LogP contribution in [0.3, 0.4) is 0 Å². The normalized spacial score (nSPS) is 12.2. The molecule has 0 radical (unpaired) electrons. The number of benzene rings is 1. The number of H-pyrrole nitrogens is 1. The zero-order valence-electron chi connectivity index (χ0n) is 17.6. The second kappa shape index (κ2) is 8.06. The molecule has 0 saturated carbocycles. The molecule has 1 aromatic carbocycles. The van der Waals surface area contributed by atoms with Crippen molar-refractivity contribution in [2.45, 2.75) is 26.3 Å². The number of hydrogen-bond donors (Lipinski definition) is 3. The molecule has 5 aromatic rings. The maximum Gasteiger partial charge on any atom is 0.280 e. The molecule has 0 amide bonds. The second-order valence-corrected chi connectivity index (χ2v) is 7.36. The third-order valence-electron chi connectivity index (χ3n) is 5.31. The summed E-state index contributed by atoms with van der Waals surface area (Å²) in [5, 5.41) is 3.98. The molecule has 4 heterocycles. The van der Waals surface area contributed by atoms with Gasteiger partial charge >= 0.3 is 0 Å². The fourth-order valence-corrected chi connectivity index (χ4v) is 3.70. The van der Waals surface area contributed by atoms with Gasteiger partial charge in [-0.3, -0.25) is 15.2 Å². The predicted octanol–water partition coefficient (Wildman–Crippen LogP) is 3.20. The zero-order valence-corrected chi connectivity index (χ0v) is 17.6. The summed E-state index contributed by atoms with van der Waals surface area (Å²) in [5.41, 5.74) is 6.53. The monoisotopic (exact) mass is 427 g/mol. The lowest BCUT2D eigenvalue weighted by atomic mass is 10.1. The van der Waals surface area contributed by atoms with Gasteiger partial charge in [-0.2, -0.15) is 0 Å². The molecular weight excluding hydrogens is 406 g/mol. The van der Waals surface area contributed by atoms with Crippen LogP contribution in [0, 0.1) is 6.92 Å². The molecule has 32 heavy (non-hydrogen) atoms. The maximum atomic E-state index is 13.6. The van der Waals surface area contributed by atoms with E-state index in [0.717, 1.165) is 11.3 Å². The van der Waals surface area contributed by atoms with Crippen molar-refractivity contribution in [3.05, 3.63) is 77.1 Å². The van der Waals surface area contributed by atoms with Gasteiger partial charge in [0.25, 0.3) is 5.56 Å². The average molecular weight is 427 g/mol. The van der Waals surface area contributed by atoms with Crippen LogP contribution >= 0.6 is 0 Å². The van der Waals surface area contributed by atoms with E-state index >= 15 is 0 Å². The first-order valence-corrected chi connectivity index (χ1v) is 10.3. The highest BCUT2D eigenvalue weighted by Crippen LogP contribution is 2.25. The van der Waals surface area contributed by atoms with Crippen LogP contribution in [0.2, 0.25) is 0 Å². The molecule has 0 bridgehead atoms. The van der Waals surface area contributed by atoms with Crippen LogP contribution < -0.4 is 16.3 Å². The van der Waals surface area contributed by atoms with Gasteiger partial charge in [-0.1, -0.05) is 19.1 Å². The molecule has 0 fully saturated rings. The standard InChI is InChI=1S/C22H21N9O/c1-3-15(28-20-18-19(25-11-24-18)26-12-27-20)21-29-16-6-4-5-13(2)17(16)22(32)31(21)30-14-7-9-23-10-8-14/h4-12,15H,3H2,1-2H3,(H,23,30)(H2,24,25,26,27,28). The molecule has 160 valence electrons. The van der Waals surface area contributed by atoms with Gasteiger partial charge in [0, 0.05) is 12.4 Å². The highest BCUT2D eigenvalue weighted by atomic mass is 16.1. The third kappa shape index (κ3) is 3.41. The number of pyridine rings is 1. The molecule has 0 spiro atoms. The molecule has 1 unspecified atom stereocenters. The number of nitrogens with one attached hydrogen (secondary N) is 3. The predicted molar refractivity (Wildman–Crippen MR) is 122 cm³/mol. The van der Waals surface area contributed by atoms with Crippen LogP contribution in [0.25, 0.3) is 22.1 Å². The first-order chi connectivity index (χ1) is 15.7. The van der Waals surface area contributed by atoms with E-state index in [1.54, 1.807) is 30.9 Å². The average Bonchev–Trinajstić information content (AvgIpc) is 3.30. The number of nitrogens with zero attached hydrogens (tertiary/aromatic N) is 6. The molecule has 5 rings (SSSR count). The first-order valence-electron chi connectivity index (χ1n) is 10.3. The second-order valence-electron chi connectivity index (χ2n) is 7.36. The lowest BCUT2D eigenvalue weighted by Gasteiger charge is -2.23. The number of imidazole rings is 1. The van der Waals surface area contributed by atoms with Gasteiger partial charge < -0.3 is 10.3 Å². The summed E-state index contributed by atoms with van der Waals surface area (Å²) in [7, 11) is 0. The SMILES string of the molecule is CCC(Nc1ncnc2nc[nH]c12)c1nc2cccc(C)c2c(=O)n1Nc1ccncc1. The van der Waals surface area contributed by atoms with Gasteiger partial charge in [0.2, 0.25) is 0 Å². The fraction of sp³-hybridized carbons (Fsp3) is 0.182. The fourth-order valence-electron chi connectivity index (χ4n) is 3.70. The Morgan fingerprint density at radius 1 is 1.12 bits per heavy atom. The van der Waals surface area contributed by atoms with Crippen molar-refractivity contribution in [1.82, 2.24) is 34.6 Å². The highest BCUT2D eigenvalue weighted by molar-refractivity contribution is 5.83. The van der Waals surface area contributed by atoms with Crippen molar-refractivity contribution < 1.29 is 0 Å². The number of aromatic nitrogens is 7. The molecule has 0 aliphatic carbocycles.